The fourth-order valence-corrected chi connectivity index (χ4v) is 2.78. The van der Waals surface area contributed by atoms with Crippen molar-refractivity contribution in [1.82, 2.24) is 10.2 Å². The van der Waals surface area contributed by atoms with Crippen molar-refractivity contribution in [3.8, 4) is 0 Å². The first kappa shape index (κ1) is 11.4. The number of ether oxygens (including phenoxy) is 1. The Kier molecular flexibility index (Phi) is 3.65. The zero-order valence-corrected chi connectivity index (χ0v) is 10.1. The highest BCUT2D eigenvalue weighted by Crippen LogP contribution is 2.36. The quantitative estimate of drug-likeness (QED) is 0.755. The summed E-state index contributed by atoms with van der Waals surface area (Å²) in [7, 11) is 0. The summed E-state index contributed by atoms with van der Waals surface area (Å²) in [5.74, 6) is 0. The maximum absolute atomic E-state index is 5.47. The van der Waals surface area contributed by atoms with Gasteiger partial charge >= 0.3 is 0 Å². The Morgan fingerprint density at radius 3 is 2.60 bits per heavy atom. The van der Waals surface area contributed by atoms with Crippen LogP contribution in [0.1, 0.15) is 26.7 Å². The largest absolute Gasteiger partial charge is 0.378 e. The molecule has 2 aliphatic heterocycles. The summed E-state index contributed by atoms with van der Waals surface area (Å²) in [5, 5.41) is 3.51. The molecule has 88 valence electrons. The molecule has 2 aliphatic rings. The third kappa shape index (κ3) is 2.52. The lowest BCUT2D eigenvalue weighted by Gasteiger charge is -2.51. The molecule has 2 fully saturated rings. The monoisotopic (exact) mass is 212 g/mol. The van der Waals surface area contributed by atoms with Crippen molar-refractivity contribution in [1.29, 1.82) is 0 Å². The predicted molar refractivity (Wildman–Crippen MR) is 62.1 cm³/mol. The van der Waals surface area contributed by atoms with Crippen LogP contribution in [0.2, 0.25) is 0 Å². The highest BCUT2D eigenvalue weighted by Gasteiger charge is 2.40. The van der Waals surface area contributed by atoms with E-state index in [-0.39, 0.29) is 0 Å². The van der Waals surface area contributed by atoms with Gasteiger partial charge in [0.25, 0.3) is 0 Å². The first-order valence-electron chi connectivity index (χ1n) is 6.31. The van der Waals surface area contributed by atoms with Crippen molar-refractivity contribution in [2.75, 3.05) is 39.4 Å². The Balaban J connectivity index is 1.70. The number of likely N-dealkylation sites (tertiary alicyclic amines) is 1. The predicted octanol–water partition coefficient (Wildman–Crippen LogP) is 1.10. The van der Waals surface area contributed by atoms with Crippen LogP contribution in [0.3, 0.4) is 0 Å². The lowest BCUT2D eigenvalue weighted by atomic mass is 9.75. The number of morpholine rings is 1. The summed E-state index contributed by atoms with van der Waals surface area (Å²) >= 11 is 0. The van der Waals surface area contributed by atoms with Crippen LogP contribution in [-0.2, 0) is 4.74 Å². The van der Waals surface area contributed by atoms with E-state index in [0.29, 0.717) is 11.5 Å². The van der Waals surface area contributed by atoms with E-state index in [0.717, 1.165) is 19.8 Å². The van der Waals surface area contributed by atoms with Gasteiger partial charge in [-0.1, -0.05) is 13.8 Å². The Morgan fingerprint density at radius 2 is 2.07 bits per heavy atom. The molecule has 3 nitrogen and oxygen atoms in total. The van der Waals surface area contributed by atoms with Gasteiger partial charge in [0.1, 0.15) is 0 Å². The van der Waals surface area contributed by atoms with E-state index in [1.807, 2.05) is 0 Å². The van der Waals surface area contributed by atoms with E-state index in [4.69, 9.17) is 4.74 Å². The second kappa shape index (κ2) is 4.81. The van der Waals surface area contributed by atoms with Gasteiger partial charge < -0.3 is 15.0 Å². The molecule has 0 saturated carbocycles. The van der Waals surface area contributed by atoms with Crippen molar-refractivity contribution in [3.63, 3.8) is 0 Å². The van der Waals surface area contributed by atoms with Crippen LogP contribution < -0.4 is 5.32 Å². The van der Waals surface area contributed by atoms with Crippen LogP contribution in [0, 0.1) is 5.41 Å². The van der Waals surface area contributed by atoms with E-state index in [1.165, 1.54) is 32.5 Å². The van der Waals surface area contributed by atoms with Crippen molar-refractivity contribution >= 4 is 0 Å². The smallest absolute Gasteiger partial charge is 0.0632 e. The maximum Gasteiger partial charge on any atom is 0.0632 e. The zero-order valence-electron chi connectivity index (χ0n) is 10.1. The minimum atomic E-state index is 0.561. The van der Waals surface area contributed by atoms with Gasteiger partial charge in [-0.2, -0.15) is 0 Å². The van der Waals surface area contributed by atoms with Gasteiger partial charge in [-0.3, -0.25) is 0 Å². The molecule has 3 heteroatoms. The Labute approximate surface area is 93.2 Å². The van der Waals surface area contributed by atoms with Gasteiger partial charge in [0.15, 0.2) is 0 Å². The van der Waals surface area contributed by atoms with Crippen molar-refractivity contribution in [2.24, 2.45) is 5.41 Å². The SMILES string of the molecule is CCC1(CC)CN(CC2COCCN2)C1. The van der Waals surface area contributed by atoms with Gasteiger partial charge in [0.2, 0.25) is 0 Å². The molecule has 0 aromatic heterocycles. The summed E-state index contributed by atoms with van der Waals surface area (Å²) in [6.45, 7) is 11.2. The lowest BCUT2D eigenvalue weighted by molar-refractivity contribution is -0.0267. The number of hydrogen-bond acceptors (Lipinski definition) is 3. The highest BCUT2D eigenvalue weighted by molar-refractivity contribution is 4.94. The molecule has 0 aromatic rings. The van der Waals surface area contributed by atoms with Gasteiger partial charge in [-0.15, -0.1) is 0 Å². The highest BCUT2D eigenvalue weighted by atomic mass is 16.5. The molecular formula is C12H24N2O. The zero-order chi connectivity index (χ0) is 10.7. The molecule has 1 atom stereocenters. The first-order valence-corrected chi connectivity index (χ1v) is 6.31. The average molecular weight is 212 g/mol. The normalized spacial score (nSPS) is 31.2. The average Bonchev–Trinajstić information content (AvgIpc) is 2.24. The van der Waals surface area contributed by atoms with Crippen molar-refractivity contribution in [3.05, 3.63) is 0 Å². The Hall–Kier alpha value is -0.120. The lowest BCUT2D eigenvalue weighted by Crippen LogP contribution is -2.60. The van der Waals surface area contributed by atoms with Crippen LogP contribution in [-0.4, -0.2) is 50.3 Å². The van der Waals surface area contributed by atoms with Gasteiger partial charge in [-0.05, 0) is 18.3 Å². The summed E-state index contributed by atoms with van der Waals surface area (Å²) in [6, 6.07) is 0.561. The van der Waals surface area contributed by atoms with E-state index in [2.05, 4.69) is 24.1 Å². The molecule has 0 aliphatic carbocycles. The van der Waals surface area contributed by atoms with Gasteiger partial charge in [0, 0.05) is 32.2 Å². The summed E-state index contributed by atoms with van der Waals surface area (Å²) in [6.07, 6.45) is 2.66. The minimum Gasteiger partial charge on any atom is -0.378 e. The molecule has 2 rings (SSSR count). The van der Waals surface area contributed by atoms with Crippen LogP contribution >= 0.6 is 0 Å². The first-order chi connectivity index (χ1) is 7.28. The van der Waals surface area contributed by atoms with Crippen molar-refractivity contribution < 1.29 is 4.74 Å². The van der Waals surface area contributed by atoms with E-state index in [1.54, 1.807) is 0 Å². The van der Waals surface area contributed by atoms with Gasteiger partial charge in [-0.25, -0.2) is 0 Å². The molecule has 1 unspecified atom stereocenters. The number of hydrogen-bond donors (Lipinski definition) is 1. The van der Waals surface area contributed by atoms with Gasteiger partial charge in [0.05, 0.1) is 13.2 Å². The van der Waals surface area contributed by atoms with E-state index in [9.17, 15) is 0 Å². The van der Waals surface area contributed by atoms with Crippen LogP contribution in [0.25, 0.3) is 0 Å². The Bertz CT molecular complexity index is 190. The molecule has 0 aromatic carbocycles. The molecule has 15 heavy (non-hydrogen) atoms. The number of nitrogens with zero attached hydrogens (tertiary/aromatic N) is 1. The molecular weight excluding hydrogens is 188 g/mol. The summed E-state index contributed by atoms with van der Waals surface area (Å²) < 4.78 is 5.47. The maximum atomic E-state index is 5.47. The molecule has 1 N–H and O–H groups in total. The molecule has 2 saturated heterocycles. The standard InChI is InChI=1S/C12H24N2O/c1-3-12(4-2)9-14(10-12)7-11-8-15-6-5-13-11/h11,13H,3-10H2,1-2H3. The van der Waals surface area contributed by atoms with E-state index < -0.39 is 0 Å². The Morgan fingerprint density at radius 1 is 1.33 bits per heavy atom. The fourth-order valence-electron chi connectivity index (χ4n) is 2.78. The summed E-state index contributed by atoms with van der Waals surface area (Å²) in [5.41, 5.74) is 0.634. The molecule has 0 radical (unpaired) electrons. The second-order valence-electron chi connectivity index (χ2n) is 5.10. The minimum absolute atomic E-state index is 0.561. The van der Waals surface area contributed by atoms with Crippen LogP contribution in [0.15, 0.2) is 0 Å². The third-order valence-corrected chi connectivity index (χ3v) is 4.10. The third-order valence-electron chi connectivity index (χ3n) is 4.10. The fraction of sp³-hybridized carbons (Fsp3) is 1.00. The van der Waals surface area contributed by atoms with Crippen LogP contribution in [0.4, 0.5) is 0 Å². The number of rotatable bonds is 4. The molecule has 2 heterocycles. The molecule has 0 bridgehead atoms. The molecule has 0 spiro atoms. The molecule has 0 amide bonds. The van der Waals surface area contributed by atoms with E-state index >= 15 is 0 Å². The topological polar surface area (TPSA) is 24.5 Å². The van der Waals surface area contributed by atoms with Crippen molar-refractivity contribution in [2.45, 2.75) is 32.7 Å². The summed E-state index contributed by atoms with van der Waals surface area (Å²) in [4.78, 5) is 2.57. The van der Waals surface area contributed by atoms with Crippen LogP contribution in [0.5, 0.6) is 0 Å². The second-order valence-corrected chi connectivity index (χ2v) is 5.10. The number of nitrogens with one attached hydrogen (secondary N) is 1.